The van der Waals surface area contributed by atoms with Crippen molar-refractivity contribution in [1.29, 1.82) is 0 Å². The van der Waals surface area contributed by atoms with Crippen LogP contribution in [0.2, 0.25) is 0 Å². The number of hydrogen-bond donors (Lipinski definition) is 1. The van der Waals surface area contributed by atoms with Gasteiger partial charge in [-0.2, -0.15) is 0 Å². The van der Waals surface area contributed by atoms with Crippen LogP contribution in [0.4, 0.5) is 5.82 Å². The molecule has 0 aliphatic rings. The first kappa shape index (κ1) is 12.2. The summed E-state index contributed by atoms with van der Waals surface area (Å²) in [5.41, 5.74) is 0.744. The fourth-order valence-electron chi connectivity index (χ4n) is 1.45. The van der Waals surface area contributed by atoms with Gasteiger partial charge in [-0.05, 0) is 13.8 Å². The van der Waals surface area contributed by atoms with E-state index in [-0.39, 0.29) is 6.54 Å². The molecule has 88 valence electrons. The highest BCUT2D eigenvalue weighted by Crippen LogP contribution is 2.22. The lowest BCUT2D eigenvalue weighted by atomic mass is 10.3. The third kappa shape index (κ3) is 2.59. The third-order valence-electron chi connectivity index (χ3n) is 2.21. The summed E-state index contributed by atoms with van der Waals surface area (Å²) in [6, 6.07) is 0. The summed E-state index contributed by atoms with van der Waals surface area (Å²) in [4.78, 5) is 20.4. The van der Waals surface area contributed by atoms with E-state index in [0.717, 1.165) is 5.56 Å². The van der Waals surface area contributed by atoms with Gasteiger partial charge in [0.05, 0.1) is 12.7 Å². The van der Waals surface area contributed by atoms with Gasteiger partial charge < -0.3 is 14.7 Å². The molecule has 0 saturated carbocycles. The molecule has 1 N–H and O–H groups in total. The van der Waals surface area contributed by atoms with Gasteiger partial charge >= 0.3 is 5.97 Å². The molecule has 0 unspecified atom stereocenters. The summed E-state index contributed by atoms with van der Waals surface area (Å²) >= 11 is 0. The van der Waals surface area contributed by atoms with Crippen LogP contribution in [-0.4, -0.2) is 41.2 Å². The third-order valence-corrected chi connectivity index (χ3v) is 2.21. The van der Waals surface area contributed by atoms with Crippen LogP contribution in [0.15, 0.2) is 6.33 Å². The zero-order valence-electron chi connectivity index (χ0n) is 9.60. The molecule has 1 aromatic heterocycles. The summed E-state index contributed by atoms with van der Waals surface area (Å²) in [6.07, 6.45) is 1.37. The van der Waals surface area contributed by atoms with Crippen LogP contribution in [0.5, 0.6) is 5.88 Å². The molecule has 16 heavy (non-hydrogen) atoms. The summed E-state index contributed by atoms with van der Waals surface area (Å²) < 4.78 is 5.06. The molecule has 0 bridgehead atoms. The van der Waals surface area contributed by atoms with Crippen LogP contribution in [0, 0.1) is 6.92 Å². The molecule has 0 radical (unpaired) electrons. The quantitative estimate of drug-likeness (QED) is 0.795. The normalized spacial score (nSPS) is 9.94. The minimum atomic E-state index is -0.890. The van der Waals surface area contributed by atoms with Crippen LogP contribution in [0.25, 0.3) is 0 Å². The molecule has 0 aliphatic heterocycles. The average molecular weight is 225 g/mol. The Bertz CT molecular complexity index is 382. The Balaban J connectivity index is 3.04. The van der Waals surface area contributed by atoms with Crippen molar-refractivity contribution in [3.63, 3.8) is 0 Å². The highest BCUT2D eigenvalue weighted by Gasteiger charge is 2.15. The van der Waals surface area contributed by atoms with Crippen LogP contribution < -0.4 is 9.64 Å². The zero-order chi connectivity index (χ0) is 12.1. The van der Waals surface area contributed by atoms with Gasteiger partial charge in [0.25, 0.3) is 0 Å². The van der Waals surface area contributed by atoms with Crippen LogP contribution >= 0.6 is 0 Å². The lowest BCUT2D eigenvalue weighted by molar-refractivity contribution is -0.135. The lowest BCUT2D eigenvalue weighted by Crippen LogP contribution is -2.30. The van der Waals surface area contributed by atoms with Gasteiger partial charge in [0.1, 0.15) is 18.7 Å². The van der Waals surface area contributed by atoms with Crippen molar-refractivity contribution in [2.24, 2.45) is 0 Å². The second kappa shape index (κ2) is 5.29. The van der Waals surface area contributed by atoms with E-state index in [9.17, 15) is 4.79 Å². The Hall–Kier alpha value is -1.85. The number of carbonyl (C=O) groups is 1. The molecule has 1 rings (SSSR count). The van der Waals surface area contributed by atoms with Crippen molar-refractivity contribution < 1.29 is 14.6 Å². The minimum absolute atomic E-state index is 0.0858. The second-order valence-electron chi connectivity index (χ2n) is 3.24. The maximum atomic E-state index is 10.7. The van der Waals surface area contributed by atoms with Crippen molar-refractivity contribution in [3.05, 3.63) is 11.9 Å². The van der Waals surface area contributed by atoms with Crippen molar-refractivity contribution in [1.82, 2.24) is 9.97 Å². The highest BCUT2D eigenvalue weighted by molar-refractivity contribution is 5.73. The maximum absolute atomic E-state index is 10.7. The van der Waals surface area contributed by atoms with Crippen molar-refractivity contribution in [2.45, 2.75) is 13.8 Å². The molecule has 0 aliphatic carbocycles. The van der Waals surface area contributed by atoms with Gasteiger partial charge in [-0.1, -0.05) is 0 Å². The molecule has 0 amide bonds. The average Bonchev–Trinajstić information content (AvgIpc) is 2.26. The summed E-state index contributed by atoms with van der Waals surface area (Å²) in [6.45, 7) is 4.15. The topological polar surface area (TPSA) is 75.6 Å². The monoisotopic (exact) mass is 225 g/mol. The number of carboxylic acid groups (broad SMARTS) is 1. The molecule has 0 fully saturated rings. The highest BCUT2D eigenvalue weighted by atomic mass is 16.5. The Morgan fingerprint density at radius 2 is 2.25 bits per heavy atom. The summed E-state index contributed by atoms with van der Waals surface area (Å²) in [5.74, 6) is 0.171. The van der Waals surface area contributed by atoms with Crippen molar-refractivity contribution in [2.75, 3.05) is 25.1 Å². The Morgan fingerprint density at radius 1 is 1.56 bits per heavy atom. The number of aliphatic carboxylic acids is 1. The largest absolute Gasteiger partial charge is 0.481 e. The molecule has 1 heterocycles. The number of likely N-dealkylation sites (N-methyl/N-ethyl adjacent to an activating group) is 1. The predicted octanol–water partition coefficient (Wildman–Crippen LogP) is 0.705. The second-order valence-corrected chi connectivity index (χ2v) is 3.24. The smallest absolute Gasteiger partial charge is 0.323 e. The summed E-state index contributed by atoms with van der Waals surface area (Å²) in [5, 5.41) is 8.78. The van der Waals surface area contributed by atoms with E-state index in [4.69, 9.17) is 9.84 Å². The first-order chi connectivity index (χ1) is 7.60. The van der Waals surface area contributed by atoms with Crippen molar-refractivity contribution in [3.8, 4) is 5.88 Å². The Labute approximate surface area is 93.9 Å². The fraction of sp³-hybridized carbons (Fsp3) is 0.500. The molecule has 6 nitrogen and oxygen atoms in total. The molecule has 1 aromatic rings. The van der Waals surface area contributed by atoms with E-state index in [0.29, 0.717) is 18.2 Å². The molecular formula is C10H15N3O3. The number of carboxylic acids is 1. The molecular weight excluding hydrogens is 210 g/mol. The first-order valence-electron chi connectivity index (χ1n) is 4.92. The molecule has 6 heteroatoms. The number of hydrogen-bond acceptors (Lipinski definition) is 5. The van der Waals surface area contributed by atoms with Gasteiger partial charge in [0.2, 0.25) is 5.88 Å². The minimum Gasteiger partial charge on any atom is -0.481 e. The van der Waals surface area contributed by atoms with E-state index < -0.39 is 5.97 Å². The molecule has 0 saturated heterocycles. The van der Waals surface area contributed by atoms with E-state index >= 15 is 0 Å². The number of anilines is 1. The number of aromatic nitrogens is 2. The Kier molecular flexibility index (Phi) is 4.04. The van der Waals surface area contributed by atoms with E-state index in [1.807, 2.05) is 6.92 Å². The predicted molar refractivity (Wildman–Crippen MR) is 58.8 cm³/mol. The first-order valence-corrected chi connectivity index (χ1v) is 4.92. The van der Waals surface area contributed by atoms with Crippen molar-refractivity contribution >= 4 is 11.8 Å². The zero-order valence-corrected chi connectivity index (χ0v) is 9.60. The van der Waals surface area contributed by atoms with Gasteiger partial charge in [0, 0.05) is 6.54 Å². The molecule has 0 atom stereocenters. The van der Waals surface area contributed by atoms with Crippen LogP contribution in [0.1, 0.15) is 12.5 Å². The fourth-order valence-corrected chi connectivity index (χ4v) is 1.45. The number of methoxy groups -OCH3 is 1. The van der Waals surface area contributed by atoms with Crippen LogP contribution in [-0.2, 0) is 4.79 Å². The number of nitrogens with zero attached hydrogens (tertiary/aromatic N) is 3. The maximum Gasteiger partial charge on any atom is 0.323 e. The van der Waals surface area contributed by atoms with E-state index in [1.54, 1.807) is 11.8 Å². The van der Waals surface area contributed by atoms with Gasteiger partial charge in [-0.3, -0.25) is 4.79 Å². The Morgan fingerprint density at radius 3 is 2.75 bits per heavy atom. The molecule has 0 aromatic carbocycles. The van der Waals surface area contributed by atoms with Gasteiger partial charge in [-0.15, -0.1) is 0 Å². The summed E-state index contributed by atoms with van der Waals surface area (Å²) in [7, 11) is 1.52. The van der Waals surface area contributed by atoms with Crippen LogP contribution in [0.3, 0.4) is 0 Å². The number of rotatable bonds is 5. The van der Waals surface area contributed by atoms with E-state index in [1.165, 1.54) is 13.4 Å². The SMILES string of the molecule is CCN(CC(=O)O)c1ncnc(OC)c1C. The molecule has 0 spiro atoms. The van der Waals surface area contributed by atoms with Gasteiger partial charge in [-0.25, -0.2) is 9.97 Å². The number of ether oxygens (including phenoxy) is 1. The lowest BCUT2D eigenvalue weighted by Gasteiger charge is -2.21. The standard InChI is InChI=1S/C10H15N3O3/c1-4-13(5-8(14)15)9-7(2)10(16-3)12-6-11-9/h6H,4-5H2,1-3H3,(H,14,15). The van der Waals surface area contributed by atoms with E-state index in [2.05, 4.69) is 9.97 Å². The van der Waals surface area contributed by atoms with Gasteiger partial charge in [0.15, 0.2) is 0 Å².